The first kappa shape index (κ1) is 11.2. The van der Waals surface area contributed by atoms with E-state index in [2.05, 4.69) is 10.3 Å². The lowest BCUT2D eigenvalue weighted by atomic mass is 10.1. The van der Waals surface area contributed by atoms with Crippen molar-refractivity contribution in [2.24, 2.45) is 0 Å². The van der Waals surface area contributed by atoms with E-state index in [1.807, 2.05) is 6.07 Å². The Morgan fingerprint density at radius 3 is 2.94 bits per heavy atom. The van der Waals surface area contributed by atoms with Crippen molar-refractivity contribution in [3.05, 3.63) is 18.3 Å². The predicted octanol–water partition coefficient (Wildman–Crippen LogP) is 1.77. The van der Waals surface area contributed by atoms with Crippen LogP contribution in [0.5, 0.6) is 0 Å². The van der Waals surface area contributed by atoms with E-state index in [4.69, 9.17) is 5.73 Å². The third-order valence-electron chi connectivity index (χ3n) is 3.11. The number of nitrogens with two attached hydrogens (primary N) is 1. The van der Waals surface area contributed by atoms with Gasteiger partial charge in [0.15, 0.2) is 0 Å². The maximum Gasteiger partial charge on any atom is 0.125 e. The molecule has 4 nitrogen and oxygen atoms in total. The van der Waals surface area contributed by atoms with E-state index in [0.29, 0.717) is 5.82 Å². The summed E-state index contributed by atoms with van der Waals surface area (Å²) in [6.45, 7) is 0. The van der Waals surface area contributed by atoms with Crippen LogP contribution in [0.15, 0.2) is 18.3 Å². The van der Waals surface area contributed by atoms with Crippen molar-refractivity contribution >= 4 is 11.5 Å². The molecule has 0 radical (unpaired) electrons. The van der Waals surface area contributed by atoms with E-state index in [1.165, 1.54) is 12.8 Å². The van der Waals surface area contributed by atoms with E-state index >= 15 is 0 Å². The van der Waals surface area contributed by atoms with Gasteiger partial charge in [-0.05, 0) is 18.9 Å². The zero-order valence-corrected chi connectivity index (χ0v) is 9.39. The van der Waals surface area contributed by atoms with Crippen LogP contribution in [0.1, 0.15) is 32.1 Å². The van der Waals surface area contributed by atoms with Gasteiger partial charge >= 0.3 is 0 Å². The van der Waals surface area contributed by atoms with Crippen molar-refractivity contribution < 1.29 is 5.11 Å². The minimum atomic E-state index is -0.253. The molecule has 2 unspecified atom stereocenters. The topological polar surface area (TPSA) is 71.2 Å². The molecule has 0 aromatic carbocycles. The summed E-state index contributed by atoms with van der Waals surface area (Å²) >= 11 is 0. The SMILES string of the molecule is Nc1cc(NC2CCCCCC2O)ccn1. The Hall–Kier alpha value is -1.29. The summed E-state index contributed by atoms with van der Waals surface area (Å²) in [5.74, 6) is 0.508. The quantitative estimate of drug-likeness (QED) is 0.666. The van der Waals surface area contributed by atoms with Crippen LogP contribution in [0, 0.1) is 0 Å². The lowest BCUT2D eigenvalue weighted by Gasteiger charge is -2.22. The van der Waals surface area contributed by atoms with Crippen LogP contribution in [0.25, 0.3) is 0 Å². The summed E-state index contributed by atoms with van der Waals surface area (Å²) in [5.41, 5.74) is 6.56. The zero-order valence-electron chi connectivity index (χ0n) is 9.39. The summed E-state index contributed by atoms with van der Waals surface area (Å²) in [6, 6.07) is 3.83. The Morgan fingerprint density at radius 1 is 1.31 bits per heavy atom. The van der Waals surface area contributed by atoms with Crippen LogP contribution < -0.4 is 11.1 Å². The average Bonchev–Trinajstić information content (AvgIpc) is 2.45. The highest BCUT2D eigenvalue weighted by Crippen LogP contribution is 2.22. The molecule has 0 amide bonds. The average molecular weight is 221 g/mol. The molecule has 1 saturated carbocycles. The molecule has 4 heteroatoms. The molecular formula is C12H19N3O. The number of hydrogen-bond acceptors (Lipinski definition) is 4. The smallest absolute Gasteiger partial charge is 0.125 e. The summed E-state index contributed by atoms with van der Waals surface area (Å²) in [7, 11) is 0. The van der Waals surface area contributed by atoms with Crippen molar-refractivity contribution in [2.45, 2.75) is 44.2 Å². The van der Waals surface area contributed by atoms with E-state index in [1.54, 1.807) is 12.3 Å². The van der Waals surface area contributed by atoms with Crippen molar-refractivity contribution in [3.8, 4) is 0 Å². The second-order valence-corrected chi connectivity index (χ2v) is 4.43. The maximum absolute atomic E-state index is 9.97. The number of nitrogens with one attached hydrogen (secondary N) is 1. The second kappa shape index (κ2) is 5.16. The first-order valence-corrected chi connectivity index (χ1v) is 5.92. The van der Waals surface area contributed by atoms with Gasteiger partial charge in [0, 0.05) is 18.0 Å². The van der Waals surface area contributed by atoms with E-state index in [-0.39, 0.29) is 12.1 Å². The molecule has 0 saturated heterocycles. The first-order valence-electron chi connectivity index (χ1n) is 5.92. The summed E-state index contributed by atoms with van der Waals surface area (Å²) < 4.78 is 0. The van der Waals surface area contributed by atoms with Crippen molar-refractivity contribution in [1.29, 1.82) is 0 Å². The molecule has 1 fully saturated rings. The van der Waals surface area contributed by atoms with Crippen molar-refractivity contribution in [2.75, 3.05) is 11.1 Å². The molecule has 0 aliphatic heterocycles. The normalized spacial score (nSPS) is 26.1. The number of nitrogens with zero attached hydrogens (tertiary/aromatic N) is 1. The molecule has 1 aromatic heterocycles. The number of pyridine rings is 1. The van der Waals surface area contributed by atoms with Gasteiger partial charge in [-0.15, -0.1) is 0 Å². The van der Waals surface area contributed by atoms with E-state index in [0.717, 1.165) is 24.9 Å². The van der Waals surface area contributed by atoms with Gasteiger partial charge in [0.25, 0.3) is 0 Å². The fraction of sp³-hybridized carbons (Fsp3) is 0.583. The number of anilines is 2. The highest BCUT2D eigenvalue weighted by Gasteiger charge is 2.21. The van der Waals surface area contributed by atoms with Crippen LogP contribution in [0.4, 0.5) is 11.5 Å². The molecule has 1 aliphatic rings. The molecule has 4 N–H and O–H groups in total. The second-order valence-electron chi connectivity index (χ2n) is 4.43. The lowest BCUT2D eigenvalue weighted by molar-refractivity contribution is 0.144. The monoisotopic (exact) mass is 221 g/mol. The van der Waals surface area contributed by atoms with Gasteiger partial charge in [-0.25, -0.2) is 4.98 Å². The fourth-order valence-electron chi connectivity index (χ4n) is 2.21. The summed E-state index contributed by atoms with van der Waals surface area (Å²) in [5, 5.41) is 13.3. The van der Waals surface area contributed by atoms with Gasteiger partial charge in [-0.3, -0.25) is 0 Å². The Balaban J connectivity index is 2.02. The molecule has 1 heterocycles. The van der Waals surface area contributed by atoms with Crippen molar-refractivity contribution in [1.82, 2.24) is 4.98 Å². The number of rotatable bonds is 2. The molecule has 0 spiro atoms. The predicted molar refractivity (Wildman–Crippen MR) is 65.2 cm³/mol. The number of aliphatic hydroxyl groups excluding tert-OH is 1. The van der Waals surface area contributed by atoms with E-state index < -0.39 is 0 Å². The number of hydrogen-bond donors (Lipinski definition) is 3. The standard InChI is InChI=1S/C12H19N3O/c13-12-8-9(6-7-14-12)15-10-4-2-1-3-5-11(10)16/h6-8,10-11,16H,1-5H2,(H3,13,14,15). The molecule has 2 rings (SSSR count). The minimum absolute atomic E-state index is 0.143. The molecule has 2 atom stereocenters. The van der Waals surface area contributed by atoms with Crippen molar-refractivity contribution in [3.63, 3.8) is 0 Å². The van der Waals surface area contributed by atoms with Gasteiger partial charge in [0.1, 0.15) is 5.82 Å². The van der Waals surface area contributed by atoms with Gasteiger partial charge < -0.3 is 16.2 Å². The fourth-order valence-corrected chi connectivity index (χ4v) is 2.21. The van der Waals surface area contributed by atoms with Gasteiger partial charge in [0.2, 0.25) is 0 Å². The number of aromatic nitrogens is 1. The summed E-state index contributed by atoms with van der Waals surface area (Å²) in [4.78, 5) is 3.95. The van der Waals surface area contributed by atoms with Gasteiger partial charge in [0.05, 0.1) is 12.1 Å². The third-order valence-corrected chi connectivity index (χ3v) is 3.11. The lowest BCUT2D eigenvalue weighted by Crippen LogP contribution is -2.32. The molecular weight excluding hydrogens is 202 g/mol. The van der Waals surface area contributed by atoms with Gasteiger partial charge in [-0.1, -0.05) is 19.3 Å². The van der Waals surface area contributed by atoms with Crippen LogP contribution >= 0.6 is 0 Å². The first-order chi connectivity index (χ1) is 7.75. The van der Waals surface area contributed by atoms with Crippen LogP contribution in [0.3, 0.4) is 0 Å². The molecule has 1 aliphatic carbocycles. The van der Waals surface area contributed by atoms with Crippen LogP contribution in [-0.4, -0.2) is 22.2 Å². The minimum Gasteiger partial charge on any atom is -0.391 e. The Labute approximate surface area is 95.9 Å². The Morgan fingerprint density at radius 2 is 2.12 bits per heavy atom. The number of nitrogen functional groups attached to an aromatic ring is 1. The Kier molecular flexibility index (Phi) is 3.62. The highest BCUT2D eigenvalue weighted by atomic mass is 16.3. The number of aliphatic hydroxyl groups is 1. The summed E-state index contributed by atoms with van der Waals surface area (Å²) in [6.07, 6.45) is 6.85. The molecule has 88 valence electrons. The zero-order chi connectivity index (χ0) is 11.4. The van der Waals surface area contributed by atoms with Gasteiger partial charge in [-0.2, -0.15) is 0 Å². The van der Waals surface area contributed by atoms with E-state index in [9.17, 15) is 5.11 Å². The molecule has 0 bridgehead atoms. The molecule has 1 aromatic rings. The largest absolute Gasteiger partial charge is 0.391 e. The third kappa shape index (κ3) is 2.85. The maximum atomic E-state index is 9.97. The molecule has 16 heavy (non-hydrogen) atoms. The highest BCUT2D eigenvalue weighted by molar-refractivity contribution is 5.50. The van der Waals surface area contributed by atoms with Crippen LogP contribution in [0.2, 0.25) is 0 Å². The Bertz CT molecular complexity index is 343. The van der Waals surface area contributed by atoms with Crippen LogP contribution in [-0.2, 0) is 0 Å².